The molecule has 3 aromatic rings. The first-order valence-corrected chi connectivity index (χ1v) is 6.20. The van der Waals surface area contributed by atoms with Crippen LogP contribution in [-0.2, 0) is 0 Å². The fraction of sp³-hybridized carbons (Fsp3) is 0. The highest BCUT2D eigenvalue weighted by atomic mass is 35.5. The summed E-state index contributed by atoms with van der Waals surface area (Å²) in [5.74, 6) is -1.05. The number of hydrogen-bond donors (Lipinski definition) is 2. The number of fused-ring (bicyclic) bond motifs is 1. The highest BCUT2D eigenvalue weighted by Crippen LogP contribution is 2.30. The molecule has 0 saturated carbocycles. The largest absolute Gasteiger partial charge is 0.508 e. The molecule has 0 saturated heterocycles. The quantitative estimate of drug-likeness (QED) is 0.709. The fourth-order valence-corrected chi connectivity index (χ4v) is 2.27. The van der Waals surface area contributed by atoms with Gasteiger partial charge in [-0.3, -0.25) is 0 Å². The Balaban J connectivity index is 2.20. The van der Waals surface area contributed by atoms with Crippen LogP contribution >= 0.6 is 11.6 Å². The number of aromatic nitrogens is 1. The van der Waals surface area contributed by atoms with Gasteiger partial charge in [0.2, 0.25) is 0 Å². The fourth-order valence-electron chi connectivity index (χ4n) is 2.00. The standard InChI is InChI=1S/C15H9ClFNO2/c16-11-7-10(19)5-9-1-3-13(18-15(9)11)8-2-4-14(20)12(17)6-8/h1-7,19-20H. The Kier molecular flexibility index (Phi) is 2.95. The van der Waals surface area contributed by atoms with E-state index in [0.29, 0.717) is 27.2 Å². The van der Waals surface area contributed by atoms with Crippen LogP contribution in [0.15, 0.2) is 42.5 Å². The predicted molar refractivity (Wildman–Crippen MR) is 75.5 cm³/mol. The maximum atomic E-state index is 13.4. The van der Waals surface area contributed by atoms with Crippen molar-refractivity contribution in [3.63, 3.8) is 0 Å². The van der Waals surface area contributed by atoms with Crippen LogP contribution < -0.4 is 0 Å². The summed E-state index contributed by atoms with van der Waals surface area (Å²) < 4.78 is 13.4. The van der Waals surface area contributed by atoms with Crippen molar-refractivity contribution in [1.82, 2.24) is 4.98 Å². The summed E-state index contributed by atoms with van der Waals surface area (Å²) in [6.07, 6.45) is 0. The lowest BCUT2D eigenvalue weighted by Gasteiger charge is -2.06. The Morgan fingerprint density at radius 1 is 1.00 bits per heavy atom. The molecular formula is C15H9ClFNO2. The Morgan fingerprint density at radius 3 is 2.55 bits per heavy atom. The van der Waals surface area contributed by atoms with Crippen molar-refractivity contribution in [3.8, 4) is 22.8 Å². The summed E-state index contributed by atoms with van der Waals surface area (Å²) in [4.78, 5) is 4.37. The topological polar surface area (TPSA) is 53.4 Å². The zero-order chi connectivity index (χ0) is 14.3. The molecule has 100 valence electrons. The number of rotatable bonds is 1. The molecule has 0 fully saturated rings. The molecule has 1 aromatic heterocycles. The van der Waals surface area contributed by atoms with Gasteiger partial charge in [0.1, 0.15) is 5.75 Å². The molecule has 1 heterocycles. The third kappa shape index (κ3) is 2.14. The first kappa shape index (κ1) is 12.7. The van der Waals surface area contributed by atoms with Crippen molar-refractivity contribution in [2.45, 2.75) is 0 Å². The zero-order valence-corrected chi connectivity index (χ0v) is 10.9. The summed E-state index contributed by atoms with van der Waals surface area (Å²) in [6.45, 7) is 0. The van der Waals surface area contributed by atoms with Gasteiger partial charge in [0.25, 0.3) is 0 Å². The molecule has 0 amide bonds. The van der Waals surface area contributed by atoms with Gasteiger partial charge in [-0.25, -0.2) is 9.37 Å². The number of aromatic hydroxyl groups is 2. The molecule has 0 aliphatic heterocycles. The van der Waals surface area contributed by atoms with Gasteiger partial charge >= 0.3 is 0 Å². The van der Waals surface area contributed by atoms with Gasteiger partial charge in [0.15, 0.2) is 11.6 Å². The van der Waals surface area contributed by atoms with Crippen LogP contribution in [-0.4, -0.2) is 15.2 Å². The Labute approximate surface area is 118 Å². The molecule has 0 aliphatic carbocycles. The number of phenolic OH excluding ortho intramolecular Hbond substituents is 2. The molecule has 0 unspecified atom stereocenters. The van der Waals surface area contributed by atoms with Crippen molar-refractivity contribution in [3.05, 3.63) is 53.3 Å². The molecule has 20 heavy (non-hydrogen) atoms. The minimum atomic E-state index is -0.707. The lowest BCUT2D eigenvalue weighted by atomic mass is 10.1. The SMILES string of the molecule is Oc1cc(Cl)c2nc(-c3ccc(O)c(F)c3)ccc2c1. The number of halogens is 2. The number of hydrogen-bond acceptors (Lipinski definition) is 3. The van der Waals surface area contributed by atoms with E-state index < -0.39 is 11.6 Å². The van der Waals surface area contributed by atoms with Gasteiger partial charge in [-0.05, 0) is 30.3 Å². The molecule has 0 bridgehead atoms. The van der Waals surface area contributed by atoms with Gasteiger partial charge in [0, 0.05) is 17.0 Å². The Hall–Kier alpha value is -2.33. The summed E-state index contributed by atoms with van der Waals surface area (Å²) in [5.41, 5.74) is 1.59. The van der Waals surface area contributed by atoms with E-state index >= 15 is 0 Å². The molecule has 3 rings (SSSR count). The van der Waals surface area contributed by atoms with Gasteiger partial charge in [-0.1, -0.05) is 17.7 Å². The molecule has 0 atom stereocenters. The first-order valence-electron chi connectivity index (χ1n) is 5.83. The molecule has 2 N–H and O–H groups in total. The first-order chi connectivity index (χ1) is 9.54. The number of nitrogens with zero attached hydrogens (tertiary/aromatic N) is 1. The second kappa shape index (κ2) is 4.65. The second-order valence-electron chi connectivity index (χ2n) is 4.36. The molecule has 0 aliphatic rings. The summed E-state index contributed by atoms with van der Waals surface area (Å²) >= 11 is 6.04. The van der Waals surface area contributed by atoms with E-state index in [9.17, 15) is 14.6 Å². The number of phenols is 2. The van der Waals surface area contributed by atoms with Crippen molar-refractivity contribution in [2.24, 2.45) is 0 Å². The minimum absolute atomic E-state index is 0.0627. The van der Waals surface area contributed by atoms with Crippen LogP contribution in [0.25, 0.3) is 22.2 Å². The number of pyridine rings is 1. The van der Waals surface area contributed by atoms with Crippen molar-refractivity contribution in [1.29, 1.82) is 0 Å². The van der Waals surface area contributed by atoms with E-state index in [2.05, 4.69) is 4.98 Å². The average molecular weight is 290 g/mol. The Bertz CT molecular complexity index is 820. The molecule has 3 nitrogen and oxygen atoms in total. The monoisotopic (exact) mass is 289 g/mol. The van der Waals surface area contributed by atoms with E-state index in [0.717, 1.165) is 0 Å². The average Bonchev–Trinajstić information content (AvgIpc) is 2.41. The van der Waals surface area contributed by atoms with Gasteiger partial charge in [-0.2, -0.15) is 0 Å². The second-order valence-corrected chi connectivity index (χ2v) is 4.77. The smallest absolute Gasteiger partial charge is 0.165 e. The van der Waals surface area contributed by atoms with Gasteiger partial charge in [0.05, 0.1) is 16.2 Å². The van der Waals surface area contributed by atoms with E-state index in [1.807, 2.05) is 0 Å². The van der Waals surface area contributed by atoms with Crippen molar-refractivity contribution >= 4 is 22.5 Å². The summed E-state index contributed by atoms with van der Waals surface area (Å²) in [6, 6.07) is 10.4. The van der Waals surface area contributed by atoms with E-state index in [-0.39, 0.29) is 5.75 Å². The van der Waals surface area contributed by atoms with E-state index in [4.69, 9.17) is 11.6 Å². The molecular weight excluding hydrogens is 281 g/mol. The zero-order valence-electron chi connectivity index (χ0n) is 10.1. The van der Waals surface area contributed by atoms with Crippen LogP contribution in [0.4, 0.5) is 4.39 Å². The minimum Gasteiger partial charge on any atom is -0.508 e. The molecule has 0 radical (unpaired) electrons. The van der Waals surface area contributed by atoms with E-state index in [1.165, 1.54) is 18.2 Å². The third-order valence-electron chi connectivity index (χ3n) is 2.97. The lowest BCUT2D eigenvalue weighted by Crippen LogP contribution is -1.87. The highest BCUT2D eigenvalue weighted by Gasteiger charge is 2.08. The molecule has 0 spiro atoms. The highest BCUT2D eigenvalue weighted by molar-refractivity contribution is 6.35. The van der Waals surface area contributed by atoms with Crippen LogP contribution in [0.5, 0.6) is 11.5 Å². The van der Waals surface area contributed by atoms with Crippen LogP contribution in [0, 0.1) is 5.82 Å². The third-order valence-corrected chi connectivity index (χ3v) is 3.26. The van der Waals surface area contributed by atoms with Crippen molar-refractivity contribution < 1.29 is 14.6 Å². The summed E-state index contributed by atoms with van der Waals surface area (Å²) in [7, 11) is 0. The van der Waals surface area contributed by atoms with Crippen LogP contribution in [0.2, 0.25) is 5.02 Å². The van der Waals surface area contributed by atoms with Crippen molar-refractivity contribution in [2.75, 3.05) is 0 Å². The normalized spacial score (nSPS) is 10.9. The van der Waals surface area contributed by atoms with Gasteiger partial charge in [-0.15, -0.1) is 0 Å². The summed E-state index contributed by atoms with van der Waals surface area (Å²) in [5, 5.41) is 19.7. The predicted octanol–water partition coefficient (Wildman–Crippen LogP) is 4.11. The maximum Gasteiger partial charge on any atom is 0.165 e. The van der Waals surface area contributed by atoms with Crippen LogP contribution in [0.1, 0.15) is 0 Å². The maximum absolute atomic E-state index is 13.4. The molecule has 5 heteroatoms. The van der Waals surface area contributed by atoms with Crippen LogP contribution in [0.3, 0.4) is 0 Å². The Morgan fingerprint density at radius 2 is 1.80 bits per heavy atom. The lowest BCUT2D eigenvalue weighted by molar-refractivity contribution is 0.432. The van der Waals surface area contributed by atoms with Gasteiger partial charge < -0.3 is 10.2 Å². The van der Waals surface area contributed by atoms with E-state index in [1.54, 1.807) is 24.3 Å². The number of benzene rings is 2. The molecule has 2 aromatic carbocycles.